The summed E-state index contributed by atoms with van der Waals surface area (Å²) in [5.41, 5.74) is 2.00. The van der Waals surface area contributed by atoms with Crippen molar-refractivity contribution in [3.63, 3.8) is 0 Å². The average Bonchev–Trinajstić information content (AvgIpc) is 2.65. The fourth-order valence-corrected chi connectivity index (χ4v) is 3.59. The topological polar surface area (TPSA) is 55.7 Å². The molecule has 0 bridgehead atoms. The zero-order valence-corrected chi connectivity index (χ0v) is 16.6. The van der Waals surface area contributed by atoms with Gasteiger partial charge in [-0.2, -0.15) is 8.42 Å². The quantitative estimate of drug-likeness (QED) is 0.386. The van der Waals surface area contributed by atoms with Gasteiger partial charge in [-0.15, -0.1) is 0 Å². The maximum atomic E-state index is 12.5. The fraction of sp³-hybridized carbons (Fsp3) is 0.0500. The van der Waals surface area contributed by atoms with Crippen molar-refractivity contribution >= 4 is 45.2 Å². The number of hydrogen-bond acceptors (Lipinski definition) is 4. The van der Waals surface area contributed by atoms with Crippen molar-refractivity contribution in [1.29, 1.82) is 0 Å². The van der Waals surface area contributed by atoms with Crippen molar-refractivity contribution in [1.82, 2.24) is 0 Å². The Labute approximate surface area is 168 Å². The van der Waals surface area contributed by atoms with Crippen LogP contribution in [0.25, 0.3) is 0 Å². The van der Waals surface area contributed by atoms with Gasteiger partial charge in [0.25, 0.3) is 0 Å². The van der Waals surface area contributed by atoms with Gasteiger partial charge in [-0.3, -0.25) is 4.99 Å². The maximum absolute atomic E-state index is 12.5. The summed E-state index contributed by atoms with van der Waals surface area (Å²) in [6.07, 6.45) is 1.49. The molecule has 0 saturated carbocycles. The third kappa shape index (κ3) is 4.89. The first-order valence-electron chi connectivity index (χ1n) is 7.94. The minimum Gasteiger partial charge on any atom is -0.378 e. The Bertz CT molecular complexity index is 1100. The number of rotatable bonds is 5. The highest BCUT2D eigenvalue weighted by atomic mass is 35.5. The Balaban J connectivity index is 1.94. The van der Waals surface area contributed by atoms with Crippen LogP contribution >= 0.6 is 23.2 Å². The van der Waals surface area contributed by atoms with Crippen molar-refractivity contribution in [2.45, 2.75) is 11.8 Å². The molecule has 0 N–H and O–H groups in total. The molecule has 0 aliphatic carbocycles. The number of hydrogen-bond donors (Lipinski definition) is 0. The molecule has 138 valence electrons. The summed E-state index contributed by atoms with van der Waals surface area (Å²) in [4.78, 5) is 4.40. The van der Waals surface area contributed by atoms with Crippen LogP contribution in [0.15, 0.2) is 76.6 Å². The fourth-order valence-electron chi connectivity index (χ4n) is 2.26. The van der Waals surface area contributed by atoms with E-state index in [-0.39, 0.29) is 10.6 Å². The highest BCUT2D eigenvalue weighted by molar-refractivity contribution is 7.87. The van der Waals surface area contributed by atoms with Gasteiger partial charge in [-0.05, 0) is 55.0 Å². The highest BCUT2D eigenvalue weighted by Crippen LogP contribution is 2.27. The molecule has 3 rings (SSSR count). The van der Waals surface area contributed by atoms with Gasteiger partial charge in [-0.25, -0.2) is 0 Å². The summed E-state index contributed by atoms with van der Waals surface area (Å²) in [6.45, 7) is 1.90. The third-order valence-corrected chi connectivity index (χ3v) is 5.60. The van der Waals surface area contributed by atoms with Gasteiger partial charge in [0.15, 0.2) is 5.75 Å². The van der Waals surface area contributed by atoms with Crippen LogP contribution in [0.5, 0.6) is 5.75 Å². The Morgan fingerprint density at radius 1 is 0.963 bits per heavy atom. The van der Waals surface area contributed by atoms with Crippen LogP contribution in [0.2, 0.25) is 10.0 Å². The van der Waals surface area contributed by atoms with E-state index < -0.39 is 10.1 Å². The van der Waals surface area contributed by atoms with E-state index in [0.717, 1.165) is 5.56 Å². The minimum absolute atomic E-state index is 0.0631. The van der Waals surface area contributed by atoms with Gasteiger partial charge in [0, 0.05) is 21.8 Å². The third-order valence-electron chi connectivity index (χ3n) is 3.71. The molecule has 0 atom stereocenters. The maximum Gasteiger partial charge on any atom is 0.339 e. The Hall–Kier alpha value is -2.34. The van der Waals surface area contributed by atoms with E-state index in [0.29, 0.717) is 21.3 Å². The molecule has 0 aliphatic rings. The van der Waals surface area contributed by atoms with Crippen molar-refractivity contribution < 1.29 is 12.6 Å². The second-order valence-corrected chi connectivity index (χ2v) is 8.11. The summed E-state index contributed by atoms with van der Waals surface area (Å²) in [7, 11) is -3.97. The van der Waals surface area contributed by atoms with Crippen molar-refractivity contribution in [2.24, 2.45) is 4.99 Å². The van der Waals surface area contributed by atoms with Crippen LogP contribution in [-0.2, 0) is 10.1 Å². The monoisotopic (exact) mass is 419 g/mol. The molecule has 0 amide bonds. The van der Waals surface area contributed by atoms with E-state index in [2.05, 4.69) is 4.99 Å². The molecule has 0 radical (unpaired) electrons. The summed E-state index contributed by atoms with van der Waals surface area (Å²) in [6, 6.07) is 17.9. The minimum atomic E-state index is -3.97. The van der Waals surface area contributed by atoms with E-state index in [4.69, 9.17) is 27.4 Å². The summed E-state index contributed by atoms with van der Waals surface area (Å²) in [5.74, 6) is 0.130. The second kappa shape index (κ2) is 8.13. The smallest absolute Gasteiger partial charge is 0.339 e. The molecule has 0 aromatic heterocycles. The zero-order valence-electron chi connectivity index (χ0n) is 14.3. The van der Waals surface area contributed by atoms with Crippen molar-refractivity contribution in [3.8, 4) is 5.75 Å². The van der Waals surface area contributed by atoms with Gasteiger partial charge < -0.3 is 4.18 Å². The predicted molar refractivity (Wildman–Crippen MR) is 109 cm³/mol. The Morgan fingerprint density at radius 2 is 1.70 bits per heavy atom. The lowest BCUT2D eigenvalue weighted by Gasteiger charge is -2.10. The van der Waals surface area contributed by atoms with Gasteiger partial charge in [0.05, 0.1) is 5.69 Å². The lowest BCUT2D eigenvalue weighted by atomic mass is 10.2. The van der Waals surface area contributed by atoms with Crippen LogP contribution in [-0.4, -0.2) is 14.6 Å². The SMILES string of the molecule is Cc1ccc(N=Cc2cc(Cl)ccc2OS(=O)(=O)c2ccccc2)cc1Cl. The standard InChI is InChI=1S/C20H15Cl2NO3S/c1-14-7-9-17(12-19(14)22)23-13-15-11-16(21)8-10-20(15)26-27(24,25)18-5-3-2-4-6-18/h2-13H,1H3. The van der Waals surface area contributed by atoms with Crippen LogP contribution < -0.4 is 4.18 Å². The highest BCUT2D eigenvalue weighted by Gasteiger charge is 2.18. The Morgan fingerprint density at radius 3 is 2.41 bits per heavy atom. The van der Waals surface area contributed by atoms with Crippen LogP contribution in [0.3, 0.4) is 0 Å². The number of aliphatic imine (C=N–C) groups is 1. The van der Waals surface area contributed by atoms with E-state index in [1.165, 1.54) is 24.4 Å². The first-order valence-corrected chi connectivity index (χ1v) is 10.1. The zero-order chi connectivity index (χ0) is 19.4. The average molecular weight is 420 g/mol. The molecule has 0 unspecified atom stereocenters. The summed E-state index contributed by atoms with van der Waals surface area (Å²) >= 11 is 12.2. The van der Waals surface area contributed by atoms with Gasteiger partial charge >= 0.3 is 10.1 Å². The van der Waals surface area contributed by atoms with E-state index in [1.807, 2.05) is 19.1 Å². The second-order valence-electron chi connectivity index (χ2n) is 5.72. The van der Waals surface area contributed by atoms with Gasteiger partial charge in [0.2, 0.25) is 0 Å². The lowest BCUT2D eigenvalue weighted by Crippen LogP contribution is -2.10. The first kappa shape index (κ1) is 19.4. The summed E-state index contributed by atoms with van der Waals surface area (Å²) < 4.78 is 30.3. The molecule has 7 heteroatoms. The molecule has 3 aromatic rings. The van der Waals surface area contributed by atoms with Crippen LogP contribution in [0, 0.1) is 6.92 Å². The molecule has 0 heterocycles. The number of aryl methyl sites for hydroxylation is 1. The van der Waals surface area contributed by atoms with Crippen molar-refractivity contribution in [2.75, 3.05) is 0 Å². The first-order chi connectivity index (χ1) is 12.8. The van der Waals surface area contributed by atoms with E-state index in [9.17, 15) is 8.42 Å². The van der Waals surface area contributed by atoms with E-state index >= 15 is 0 Å². The molecular weight excluding hydrogens is 405 g/mol. The van der Waals surface area contributed by atoms with Crippen LogP contribution in [0.1, 0.15) is 11.1 Å². The normalized spacial score (nSPS) is 11.7. The molecule has 3 aromatic carbocycles. The number of benzene rings is 3. The molecule has 0 saturated heterocycles. The van der Waals surface area contributed by atoms with Gasteiger partial charge in [-0.1, -0.05) is 47.5 Å². The lowest BCUT2D eigenvalue weighted by molar-refractivity contribution is 0.485. The molecule has 4 nitrogen and oxygen atoms in total. The predicted octanol–water partition coefficient (Wildman–Crippen LogP) is 5.82. The summed E-state index contributed by atoms with van der Waals surface area (Å²) in [5, 5.41) is 1.03. The molecule has 27 heavy (non-hydrogen) atoms. The molecule has 0 aliphatic heterocycles. The molecular formula is C20H15Cl2NO3S. The van der Waals surface area contributed by atoms with E-state index in [1.54, 1.807) is 36.4 Å². The molecule has 0 spiro atoms. The number of halogens is 2. The largest absolute Gasteiger partial charge is 0.378 e. The molecule has 0 fully saturated rings. The van der Waals surface area contributed by atoms with Crippen molar-refractivity contribution in [3.05, 3.63) is 87.9 Å². The van der Waals surface area contributed by atoms with Crippen LogP contribution in [0.4, 0.5) is 5.69 Å². The Kier molecular flexibility index (Phi) is 5.85. The van der Waals surface area contributed by atoms with Gasteiger partial charge in [0.1, 0.15) is 4.90 Å². The number of nitrogens with zero attached hydrogens (tertiary/aromatic N) is 1.